The predicted molar refractivity (Wildman–Crippen MR) is 141 cm³/mol. The molecule has 1 aromatic heterocycles. The lowest BCUT2D eigenvalue weighted by Crippen LogP contribution is -2.53. The Kier molecular flexibility index (Phi) is 7.34. The van der Waals surface area contributed by atoms with Crippen molar-refractivity contribution in [3.8, 4) is 5.75 Å². The fourth-order valence-corrected chi connectivity index (χ4v) is 5.07. The summed E-state index contributed by atoms with van der Waals surface area (Å²) < 4.78 is 27.4. The van der Waals surface area contributed by atoms with Gasteiger partial charge in [0.15, 0.2) is 0 Å². The molecule has 2 aromatic carbocycles. The maximum Gasteiger partial charge on any atom is 0.257 e. The molecular formula is C28H30FN5O5. The first kappa shape index (κ1) is 26.4. The molecule has 3 heterocycles. The number of likely N-dealkylation sites (N-methyl/N-ethyl adjacent to an activating group) is 1. The van der Waals surface area contributed by atoms with Gasteiger partial charge in [-0.05, 0) is 56.2 Å². The van der Waals surface area contributed by atoms with E-state index in [0.717, 1.165) is 11.8 Å². The third-order valence-electron chi connectivity index (χ3n) is 7.06. The van der Waals surface area contributed by atoms with Crippen LogP contribution in [0, 0.1) is 12.7 Å². The third-order valence-corrected chi connectivity index (χ3v) is 7.06. The highest BCUT2D eigenvalue weighted by atomic mass is 19.1. The van der Waals surface area contributed by atoms with Crippen molar-refractivity contribution in [3.05, 3.63) is 71.3 Å². The zero-order valence-electron chi connectivity index (χ0n) is 21.9. The van der Waals surface area contributed by atoms with Crippen LogP contribution in [-0.4, -0.2) is 64.3 Å². The van der Waals surface area contributed by atoms with Crippen molar-refractivity contribution in [1.82, 2.24) is 14.7 Å². The van der Waals surface area contributed by atoms with Crippen molar-refractivity contribution < 1.29 is 28.2 Å². The lowest BCUT2D eigenvalue weighted by Gasteiger charge is -2.42. The molecule has 3 amide bonds. The van der Waals surface area contributed by atoms with E-state index in [1.54, 1.807) is 48.1 Å². The molecule has 2 aliphatic rings. The number of hydrogen-bond donors (Lipinski definition) is 2. The molecule has 2 aliphatic heterocycles. The number of ether oxygens (including phenoxy) is 2. The van der Waals surface area contributed by atoms with Gasteiger partial charge in [0.05, 0.1) is 35.5 Å². The van der Waals surface area contributed by atoms with Crippen LogP contribution in [-0.2, 0) is 16.6 Å². The van der Waals surface area contributed by atoms with Crippen molar-refractivity contribution in [2.75, 3.05) is 24.3 Å². The summed E-state index contributed by atoms with van der Waals surface area (Å²) in [5, 5.41) is 9.83. The summed E-state index contributed by atoms with van der Waals surface area (Å²) in [5.41, 5.74) is 2.27. The number of hydrogen-bond acceptors (Lipinski definition) is 6. The Hall–Kier alpha value is -4.25. The van der Waals surface area contributed by atoms with E-state index in [0.29, 0.717) is 35.5 Å². The normalized spacial score (nSPS) is 20.7. The Bertz CT molecular complexity index is 1420. The van der Waals surface area contributed by atoms with Gasteiger partial charge in [-0.2, -0.15) is 5.10 Å². The maximum absolute atomic E-state index is 13.5. The molecule has 0 radical (unpaired) electrons. The molecule has 2 N–H and O–H groups in total. The maximum atomic E-state index is 13.5. The van der Waals surface area contributed by atoms with Gasteiger partial charge in [-0.1, -0.05) is 6.07 Å². The highest BCUT2D eigenvalue weighted by Gasteiger charge is 2.39. The average Bonchev–Trinajstić information content (AvgIpc) is 3.22. The summed E-state index contributed by atoms with van der Waals surface area (Å²) in [6.07, 6.45) is 2.46. The summed E-state index contributed by atoms with van der Waals surface area (Å²) in [7, 11) is 3.51. The lowest BCUT2D eigenvalue weighted by atomic mass is 9.94. The topological polar surface area (TPSA) is 115 Å². The smallest absolute Gasteiger partial charge is 0.257 e. The minimum atomic E-state index is -0.512. The first-order valence-corrected chi connectivity index (χ1v) is 12.7. The fourth-order valence-electron chi connectivity index (χ4n) is 5.07. The van der Waals surface area contributed by atoms with Crippen molar-refractivity contribution in [2.45, 2.75) is 44.4 Å². The van der Waals surface area contributed by atoms with E-state index >= 15 is 0 Å². The zero-order chi connectivity index (χ0) is 27.7. The van der Waals surface area contributed by atoms with Crippen LogP contribution in [0.1, 0.15) is 45.7 Å². The molecule has 0 unspecified atom stereocenters. The van der Waals surface area contributed by atoms with Crippen LogP contribution in [0.4, 0.5) is 15.8 Å². The van der Waals surface area contributed by atoms with E-state index in [9.17, 15) is 18.8 Å². The van der Waals surface area contributed by atoms with E-state index in [-0.39, 0.29) is 42.6 Å². The first-order chi connectivity index (χ1) is 18.7. The van der Waals surface area contributed by atoms with Gasteiger partial charge in [-0.15, -0.1) is 0 Å². The number of nitrogens with zero attached hydrogens (tertiary/aromatic N) is 3. The monoisotopic (exact) mass is 535 g/mol. The molecule has 0 saturated carbocycles. The van der Waals surface area contributed by atoms with Crippen LogP contribution >= 0.6 is 0 Å². The molecule has 39 heavy (non-hydrogen) atoms. The second-order valence-electron chi connectivity index (χ2n) is 9.90. The van der Waals surface area contributed by atoms with Gasteiger partial charge in [0.25, 0.3) is 11.8 Å². The second-order valence-corrected chi connectivity index (χ2v) is 9.90. The van der Waals surface area contributed by atoms with Crippen molar-refractivity contribution >= 4 is 29.1 Å². The number of rotatable bonds is 5. The van der Waals surface area contributed by atoms with Gasteiger partial charge in [-0.25, -0.2) is 4.39 Å². The van der Waals surface area contributed by atoms with Gasteiger partial charge in [0.1, 0.15) is 24.3 Å². The predicted octanol–water partition coefficient (Wildman–Crippen LogP) is 3.53. The first-order valence-electron chi connectivity index (χ1n) is 12.7. The van der Waals surface area contributed by atoms with Crippen LogP contribution in [0.15, 0.2) is 48.7 Å². The summed E-state index contributed by atoms with van der Waals surface area (Å²) in [6, 6.07) is 9.93. The van der Waals surface area contributed by atoms with E-state index in [4.69, 9.17) is 9.47 Å². The molecule has 10 nitrogen and oxygen atoms in total. The van der Waals surface area contributed by atoms with Crippen molar-refractivity contribution in [2.24, 2.45) is 7.05 Å². The standard InChI is InChI=1S/C28H30FN5O5/c1-16-22(14-33(2)32-16)31-26(35)13-20-8-9-23-25(39-20)15-38-24-10-7-19(12-21(24)28(37)34(23)3)30-27(36)17-5-4-6-18(29)11-17/h4-7,10-12,14,20,23,25H,8-9,13,15H2,1-3H3,(H,30,36)(H,31,35)/t20-,23-,25+/m1/s1. The van der Waals surface area contributed by atoms with Gasteiger partial charge in [0.2, 0.25) is 5.91 Å². The minimum absolute atomic E-state index is 0.163. The second kappa shape index (κ2) is 10.9. The minimum Gasteiger partial charge on any atom is -0.490 e. The third kappa shape index (κ3) is 5.78. The number of anilines is 2. The average molecular weight is 536 g/mol. The van der Waals surface area contributed by atoms with Crippen LogP contribution < -0.4 is 15.4 Å². The van der Waals surface area contributed by atoms with E-state index in [1.165, 1.54) is 18.2 Å². The van der Waals surface area contributed by atoms with E-state index in [1.807, 2.05) is 6.92 Å². The summed E-state index contributed by atoms with van der Waals surface area (Å²) >= 11 is 0. The number of nitrogens with one attached hydrogen (secondary N) is 2. The number of carbonyl (C=O) groups excluding carboxylic acids is 3. The van der Waals surface area contributed by atoms with Crippen molar-refractivity contribution in [3.63, 3.8) is 0 Å². The largest absolute Gasteiger partial charge is 0.490 e. The summed E-state index contributed by atoms with van der Waals surface area (Å²) in [5.74, 6) is -1.07. The zero-order valence-corrected chi connectivity index (χ0v) is 21.9. The van der Waals surface area contributed by atoms with Crippen molar-refractivity contribution in [1.29, 1.82) is 0 Å². The Labute approximate surface area is 225 Å². The summed E-state index contributed by atoms with van der Waals surface area (Å²) in [6.45, 7) is 2.03. The Morgan fingerprint density at radius 3 is 2.69 bits per heavy atom. The number of fused-ring (bicyclic) bond motifs is 2. The van der Waals surface area contributed by atoms with Gasteiger partial charge in [0, 0.05) is 31.5 Å². The molecule has 3 atom stereocenters. The molecule has 1 saturated heterocycles. The molecule has 3 aromatic rings. The molecule has 0 bridgehead atoms. The van der Waals surface area contributed by atoms with Crippen LogP contribution in [0.3, 0.4) is 0 Å². The SMILES string of the molecule is Cc1nn(C)cc1NC(=O)C[C@H]1CC[C@@H]2[C@H](COc3ccc(NC(=O)c4cccc(F)c4)cc3C(=O)N2C)O1. The molecule has 11 heteroatoms. The molecule has 204 valence electrons. The highest BCUT2D eigenvalue weighted by Crippen LogP contribution is 2.33. The molecule has 1 fully saturated rings. The van der Waals surface area contributed by atoms with Crippen LogP contribution in [0.25, 0.3) is 0 Å². The Morgan fingerprint density at radius 2 is 1.95 bits per heavy atom. The summed E-state index contributed by atoms with van der Waals surface area (Å²) in [4.78, 5) is 40.3. The Morgan fingerprint density at radius 1 is 1.13 bits per heavy atom. The van der Waals surface area contributed by atoms with E-state index in [2.05, 4.69) is 15.7 Å². The number of halogens is 1. The van der Waals surface area contributed by atoms with Gasteiger partial charge in [-0.3, -0.25) is 19.1 Å². The molecule has 0 spiro atoms. The van der Waals surface area contributed by atoms with Gasteiger partial charge >= 0.3 is 0 Å². The number of aromatic nitrogens is 2. The fraction of sp³-hybridized carbons (Fsp3) is 0.357. The lowest BCUT2D eigenvalue weighted by molar-refractivity contribution is -0.130. The van der Waals surface area contributed by atoms with Gasteiger partial charge < -0.3 is 25.0 Å². The quantitative estimate of drug-likeness (QED) is 0.517. The highest BCUT2D eigenvalue weighted by molar-refractivity contribution is 6.05. The Balaban J connectivity index is 1.25. The molecule has 5 rings (SSSR count). The number of benzene rings is 2. The molecular weight excluding hydrogens is 505 g/mol. The number of amides is 3. The molecule has 0 aliphatic carbocycles. The van der Waals surface area contributed by atoms with E-state index < -0.39 is 17.8 Å². The number of carbonyl (C=O) groups is 3. The number of aryl methyl sites for hydroxylation is 2. The van der Waals surface area contributed by atoms with Crippen LogP contribution in [0.5, 0.6) is 5.75 Å². The van der Waals surface area contributed by atoms with Crippen LogP contribution in [0.2, 0.25) is 0 Å².